The summed E-state index contributed by atoms with van der Waals surface area (Å²) in [5.41, 5.74) is 0. The minimum absolute atomic E-state index is 0.345. The Balaban J connectivity index is 2.58. The van der Waals surface area contributed by atoms with Gasteiger partial charge in [-0.1, -0.05) is 13.3 Å². The molecule has 1 fully saturated rings. The molecule has 3 amide bonds. The van der Waals surface area contributed by atoms with Gasteiger partial charge in [-0.2, -0.15) is 0 Å². The second-order valence-corrected chi connectivity index (χ2v) is 3.15. The Kier molecular flexibility index (Phi) is 3.88. The van der Waals surface area contributed by atoms with E-state index in [0.717, 1.165) is 12.8 Å². The predicted octanol–water partition coefficient (Wildman–Crippen LogP) is 0.701. The number of urea groups is 1. The van der Waals surface area contributed by atoms with Crippen LogP contribution < -0.4 is 5.32 Å². The van der Waals surface area contributed by atoms with E-state index in [1.165, 1.54) is 4.90 Å². The first-order valence-electron chi connectivity index (χ1n) is 4.93. The molecular weight excluding hydrogens is 184 g/mol. The number of nitrogens with one attached hydrogen (secondary N) is 1. The zero-order valence-electron chi connectivity index (χ0n) is 8.58. The number of unbranched alkanes of at least 4 members (excludes halogenated alkanes) is 1. The number of hydrogen-bond donors (Lipinski definition) is 1. The fourth-order valence-electron chi connectivity index (χ4n) is 1.36. The maximum atomic E-state index is 11.3. The van der Waals surface area contributed by atoms with Gasteiger partial charge in [0, 0.05) is 13.2 Å². The lowest BCUT2D eigenvalue weighted by molar-refractivity contribution is -0.135. The van der Waals surface area contributed by atoms with E-state index in [1.54, 1.807) is 6.92 Å². The van der Waals surface area contributed by atoms with Crippen molar-refractivity contribution >= 4 is 11.9 Å². The number of ether oxygens (including phenoxy) is 1. The van der Waals surface area contributed by atoms with Crippen molar-refractivity contribution in [2.45, 2.75) is 32.9 Å². The van der Waals surface area contributed by atoms with Crippen LogP contribution in [0.4, 0.5) is 4.79 Å². The summed E-state index contributed by atoms with van der Waals surface area (Å²) in [4.78, 5) is 24.0. The molecule has 80 valence electrons. The van der Waals surface area contributed by atoms with Crippen LogP contribution >= 0.6 is 0 Å². The average Bonchev–Trinajstić information content (AvgIpc) is 2.40. The van der Waals surface area contributed by atoms with Gasteiger partial charge in [-0.05, 0) is 13.3 Å². The van der Waals surface area contributed by atoms with Crippen molar-refractivity contribution in [2.75, 3.05) is 13.2 Å². The number of carbonyl (C=O) groups is 2. The molecule has 0 bridgehead atoms. The van der Waals surface area contributed by atoms with E-state index in [9.17, 15) is 9.59 Å². The molecule has 5 nitrogen and oxygen atoms in total. The predicted molar refractivity (Wildman–Crippen MR) is 50.6 cm³/mol. The molecule has 1 atom stereocenters. The maximum absolute atomic E-state index is 11.3. The number of amides is 3. The van der Waals surface area contributed by atoms with E-state index in [4.69, 9.17) is 4.74 Å². The van der Waals surface area contributed by atoms with E-state index >= 15 is 0 Å². The van der Waals surface area contributed by atoms with Gasteiger partial charge in [0.2, 0.25) is 6.23 Å². The van der Waals surface area contributed by atoms with Crippen LogP contribution in [0.3, 0.4) is 0 Å². The van der Waals surface area contributed by atoms with Gasteiger partial charge >= 0.3 is 6.03 Å². The third-order valence-electron chi connectivity index (χ3n) is 2.08. The minimum atomic E-state index is -0.723. The third-order valence-corrected chi connectivity index (χ3v) is 2.08. The molecule has 14 heavy (non-hydrogen) atoms. The molecule has 1 aliphatic rings. The van der Waals surface area contributed by atoms with E-state index < -0.39 is 6.23 Å². The summed E-state index contributed by atoms with van der Waals surface area (Å²) in [5, 5.41) is 2.23. The van der Waals surface area contributed by atoms with E-state index in [-0.39, 0.29) is 11.9 Å². The summed E-state index contributed by atoms with van der Waals surface area (Å²) < 4.78 is 5.19. The molecular formula is C9H16N2O3. The minimum Gasteiger partial charge on any atom is -0.350 e. The van der Waals surface area contributed by atoms with Crippen molar-refractivity contribution in [3.05, 3.63) is 0 Å². The topological polar surface area (TPSA) is 58.6 Å². The molecule has 1 N–H and O–H groups in total. The Bertz CT molecular complexity index is 230. The highest BCUT2D eigenvalue weighted by Crippen LogP contribution is 2.11. The molecule has 0 spiro atoms. The van der Waals surface area contributed by atoms with Crippen molar-refractivity contribution in [1.29, 1.82) is 0 Å². The standard InChI is InChI=1S/C9H16N2O3/c1-3-5-6-11-8(14-4-2)7(12)10-9(11)13/h8H,3-6H2,1-2H3,(H,10,12,13). The van der Waals surface area contributed by atoms with Gasteiger partial charge in [-0.25, -0.2) is 4.79 Å². The highest BCUT2D eigenvalue weighted by atomic mass is 16.5. The molecule has 0 aromatic heterocycles. The van der Waals surface area contributed by atoms with Gasteiger partial charge < -0.3 is 4.74 Å². The molecule has 1 saturated heterocycles. The molecule has 1 aliphatic heterocycles. The lowest BCUT2D eigenvalue weighted by Crippen LogP contribution is -2.37. The SMILES string of the molecule is CCCCN1C(=O)NC(=O)C1OCC. The molecule has 5 heteroatoms. The Morgan fingerprint density at radius 2 is 2.14 bits per heavy atom. The Morgan fingerprint density at radius 1 is 1.43 bits per heavy atom. The lowest BCUT2D eigenvalue weighted by Gasteiger charge is -2.20. The Hall–Kier alpha value is -1.10. The average molecular weight is 200 g/mol. The van der Waals surface area contributed by atoms with Crippen LogP contribution in [0.2, 0.25) is 0 Å². The van der Waals surface area contributed by atoms with Gasteiger partial charge in [-0.15, -0.1) is 0 Å². The van der Waals surface area contributed by atoms with E-state index in [1.807, 2.05) is 6.92 Å². The first-order valence-corrected chi connectivity index (χ1v) is 4.93. The second-order valence-electron chi connectivity index (χ2n) is 3.15. The molecule has 0 aromatic carbocycles. The fraction of sp³-hybridized carbons (Fsp3) is 0.778. The summed E-state index contributed by atoms with van der Waals surface area (Å²) in [5.74, 6) is -0.354. The number of rotatable bonds is 5. The molecule has 0 saturated carbocycles. The summed E-state index contributed by atoms with van der Waals surface area (Å²) in [6.07, 6.45) is 1.14. The van der Waals surface area contributed by atoms with Crippen LogP contribution in [0.5, 0.6) is 0 Å². The first kappa shape index (κ1) is 11.0. The van der Waals surface area contributed by atoms with Crippen LogP contribution in [0.1, 0.15) is 26.7 Å². The van der Waals surface area contributed by atoms with Crippen molar-refractivity contribution in [3.63, 3.8) is 0 Å². The summed E-state index contributed by atoms with van der Waals surface area (Å²) in [6, 6.07) is -0.345. The highest BCUT2D eigenvalue weighted by molar-refractivity contribution is 6.03. The first-order chi connectivity index (χ1) is 6.70. The van der Waals surface area contributed by atoms with Gasteiger partial charge in [0.25, 0.3) is 5.91 Å². The fourth-order valence-corrected chi connectivity index (χ4v) is 1.36. The Labute approximate surface area is 83.4 Å². The van der Waals surface area contributed by atoms with Gasteiger partial charge in [0.15, 0.2) is 0 Å². The number of imide groups is 1. The number of carbonyl (C=O) groups excluding carboxylic acids is 2. The maximum Gasteiger partial charge on any atom is 0.326 e. The van der Waals surface area contributed by atoms with Crippen molar-refractivity contribution in [1.82, 2.24) is 10.2 Å². The number of hydrogen-bond acceptors (Lipinski definition) is 3. The van der Waals surface area contributed by atoms with Crippen molar-refractivity contribution in [2.24, 2.45) is 0 Å². The molecule has 0 aromatic rings. The van der Waals surface area contributed by atoms with Crippen LogP contribution in [-0.2, 0) is 9.53 Å². The summed E-state index contributed by atoms with van der Waals surface area (Å²) >= 11 is 0. The molecule has 1 heterocycles. The Morgan fingerprint density at radius 3 is 2.71 bits per heavy atom. The molecule has 0 aliphatic carbocycles. The van der Waals surface area contributed by atoms with Gasteiger partial charge in [0.1, 0.15) is 0 Å². The van der Waals surface area contributed by atoms with Crippen LogP contribution in [0.25, 0.3) is 0 Å². The number of nitrogens with zero attached hydrogens (tertiary/aromatic N) is 1. The third kappa shape index (κ3) is 2.23. The van der Waals surface area contributed by atoms with Crippen LogP contribution in [0.15, 0.2) is 0 Å². The van der Waals surface area contributed by atoms with Gasteiger partial charge in [0.05, 0.1) is 0 Å². The van der Waals surface area contributed by atoms with Crippen LogP contribution in [0, 0.1) is 0 Å². The highest BCUT2D eigenvalue weighted by Gasteiger charge is 2.38. The quantitative estimate of drug-likeness (QED) is 0.664. The normalized spacial score (nSPS) is 21.6. The zero-order chi connectivity index (χ0) is 10.6. The summed E-state index contributed by atoms with van der Waals surface area (Å²) in [6.45, 7) is 4.83. The van der Waals surface area contributed by atoms with Crippen molar-refractivity contribution < 1.29 is 14.3 Å². The second kappa shape index (κ2) is 4.95. The largest absolute Gasteiger partial charge is 0.350 e. The molecule has 1 rings (SSSR count). The van der Waals surface area contributed by atoms with Gasteiger partial charge in [-0.3, -0.25) is 15.0 Å². The summed E-state index contributed by atoms with van der Waals surface area (Å²) in [7, 11) is 0. The van der Waals surface area contributed by atoms with E-state index in [2.05, 4.69) is 5.32 Å². The lowest BCUT2D eigenvalue weighted by atomic mass is 10.3. The van der Waals surface area contributed by atoms with E-state index in [0.29, 0.717) is 13.2 Å². The molecule has 1 unspecified atom stereocenters. The zero-order valence-corrected chi connectivity index (χ0v) is 8.58. The smallest absolute Gasteiger partial charge is 0.326 e. The monoisotopic (exact) mass is 200 g/mol. The molecule has 0 radical (unpaired) electrons. The van der Waals surface area contributed by atoms with Crippen LogP contribution in [-0.4, -0.2) is 36.2 Å². The van der Waals surface area contributed by atoms with Crippen molar-refractivity contribution in [3.8, 4) is 0 Å².